The number of hydrogen-bond donors (Lipinski definition) is 2. The first kappa shape index (κ1) is 21.1. The van der Waals surface area contributed by atoms with E-state index in [0.29, 0.717) is 23.7 Å². The highest BCUT2D eigenvalue weighted by Gasteiger charge is 2.15. The van der Waals surface area contributed by atoms with E-state index >= 15 is 0 Å². The number of hydrogen-bond acceptors (Lipinski definition) is 4. The number of halogens is 2. The Hall–Kier alpha value is -1.63. The molecule has 28 heavy (non-hydrogen) atoms. The molecule has 0 aliphatic carbocycles. The molecule has 0 aromatic heterocycles. The lowest BCUT2D eigenvalue weighted by atomic mass is 9.98. The van der Waals surface area contributed by atoms with Gasteiger partial charge in [0.05, 0.1) is 6.61 Å². The second-order valence-electron chi connectivity index (χ2n) is 7.03. The van der Waals surface area contributed by atoms with Crippen molar-refractivity contribution < 1.29 is 13.9 Å². The summed E-state index contributed by atoms with van der Waals surface area (Å²) in [5.74, 6) is 1.76. The van der Waals surface area contributed by atoms with Gasteiger partial charge < -0.3 is 20.1 Å². The van der Waals surface area contributed by atoms with E-state index in [2.05, 4.69) is 26.6 Å². The third-order valence-corrected chi connectivity index (χ3v) is 5.70. The lowest BCUT2D eigenvalue weighted by molar-refractivity contribution is 0.265. The lowest BCUT2D eigenvalue weighted by Gasteiger charge is -2.23. The number of rotatable bonds is 9. The van der Waals surface area contributed by atoms with Gasteiger partial charge in [-0.3, -0.25) is 0 Å². The quantitative estimate of drug-likeness (QED) is 0.583. The predicted molar refractivity (Wildman–Crippen MR) is 113 cm³/mol. The predicted octanol–water partition coefficient (Wildman–Crippen LogP) is 4.66. The van der Waals surface area contributed by atoms with Gasteiger partial charge in [0.1, 0.15) is 12.4 Å². The molecular weight excluding hydrogens is 423 g/mol. The molecule has 1 saturated heterocycles. The molecule has 152 valence electrons. The molecule has 1 aliphatic heterocycles. The van der Waals surface area contributed by atoms with Crippen molar-refractivity contribution in [1.29, 1.82) is 0 Å². The number of ether oxygens (including phenoxy) is 2. The minimum absolute atomic E-state index is 0.159. The molecule has 0 amide bonds. The Morgan fingerprint density at radius 1 is 1.11 bits per heavy atom. The van der Waals surface area contributed by atoms with Gasteiger partial charge in [0, 0.05) is 16.6 Å². The molecule has 0 spiro atoms. The van der Waals surface area contributed by atoms with Gasteiger partial charge in [-0.2, -0.15) is 0 Å². The summed E-state index contributed by atoms with van der Waals surface area (Å²) in [7, 11) is 0. The first-order chi connectivity index (χ1) is 13.7. The van der Waals surface area contributed by atoms with Crippen molar-refractivity contribution in [3.63, 3.8) is 0 Å². The largest absolute Gasteiger partial charge is 0.490 e. The normalized spacial score (nSPS) is 14.8. The second kappa shape index (κ2) is 10.8. The summed E-state index contributed by atoms with van der Waals surface area (Å²) >= 11 is 3.64. The van der Waals surface area contributed by atoms with E-state index in [-0.39, 0.29) is 12.4 Å². The molecule has 4 nitrogen and oxygen atoms in total. The van der Waals surface area contributed by atoms with Crippen molar-refractivity contribution in [2.45, 2.75) is 32.9 Å². The van der Waals surface area contributed by atoms with Crippen LogP contribution in [0.5, 0.6) is 11.5 Å². The van der Waals surface area contributed by atoms with E-state index in [1.807, 2.05) is 19.1 Å². The summed E-state index contributed by atoms with van der Waals surface area (Å²) in [5.41, 5.74) is 1.64. The van der Waals surface area contributed by atoms with Crippen LogP contribution in [0.15, 0.2) is 40.9 Å². The number of nitrogens with one attached hydrogen (secondary N) is 2. The van der Waals surface area contributed by atoms with E-state index in [1.54, 1.807) is 18.2 Å². The van der Waals surface area contributed by atoms with Gasteiger partial charge in [0.25, 0.3) is 0 Å². The molecule has 0 saturated carbocycles. The average molecular weight is 451 g/mol. The van der Waals surface area contributed by atoms with Crippen molar-refractivity contribution in [1.82, 2.24) is 10.6 Å². The lowest BCUT2D eigenvalue weighted by Crippen LogP contribution is -2.33. The van der Waals surface area contributed by atoms with Gasteiger partial charge in [0.2, 0.25) is 0 Å². The third-order valence-electron chi connectivity index (χ3n) is 4.96. The van der Waals surface area contributed by atoms with E-state index in [9.17, 15) is 4.39 Å². The molecule has 2 aromatic carbocycles. The van der Waals surface area contributed by atoms with Crippen molar-refractivity contribution in [3.8, 4) is 11.5 Å². The van der Waals surface area contributed by atoms with E-state index in [4.69, 9.17) is 9.47 Å². The smallest absolute Gasteiger partial charge is 0.162 e. The van der Waals surface area contributed by atoms with Crippen LogP contribution in [0.1, 0.15) is 30.9 Å². The first-order valence-electron chi connectivity index (χ1n) is 9.90. The van der Waals surface area contributed by atoms with Crippen LogP contribution in [0.2, 0.25) is 0 Å². The summed E-state index contributed by atoms with van der Waals surface area (Å²) in [6.07, 6.45) is 2.45. The molecule has 6 heteroatoms. The fourth-order valence-corrected chi connectivity index (χ4v) is 3.82. The van der Waals surface area contributed by atoms with Gasteiger partial charge in [0.15, 0.2) is 11.5 Å². The minimum atomic E-state index is -0.266. The molecule has 0 radical (unpaired) electrons. The van der Waals surface area contributed by atoms with Crippen molar-refractivity contribution >= 4 is 15.9 Å². The zero-order valence-electron chi connectivity index (χ0n) is 16.3. The van der Waals surface area contributed by atoms with Gasteiger partial charge in [-0.05, 0) is 69.1 Å². The highest BCUT2D eigenvalue weighted by Crippen LogP contribution is 2.34. The van der Waals surface area contributed by atoms with Crippen molar-refractivity contribution in [2.75, 3.05) is 26.2 Å². The third kappa shape index (κ3) is 5.93. The van der Waals surface area contributed by atoms with Crippen molar-refractivity contribution in [3.05, 3.63) is 57.8 Å². The number of benzene rings is 2. The van der Waals surface area contributed by atoms with Crippen LogP contribution >= 0.6 is 15.9 Å². The molecule has 3 rings (SSSR count). The van der Waals surface area contributed by atoms with Gasteiger partial charge in [-0.15, -0.1) is 0 Å². The fourth-order valence-electron chi connectivity index (χ4n) is 3.36. The fraction of sp³-hybridized carbons (Fsp3) is 0.455. The topological polar surface area (TPSA) is 42.5 Å². The molecule has 2 N–H and O–H groups in total. The van der Waals surface area contributed by atoms with Gasteiger partial charge in [-0.25, -0.2) is 4.39 Å². The maximum atomic E-state index is 13.8. The van der Waals surface area contributed by atoms with Gasteiger partial charge in [-0.1, -0.05) is 34.1 Å². The molecule has 2 aromatic rings. The monoisotopic (exact) mass is 450 g/mol. The van der Waals surface area contributed by atoms with E-state index in [1.165, 1.54) is 18.9 Å². The van der Waals surface area contributed by atoms with Crippen LogP contribution in [-0.2, 0) is 13.2 Å². The minimum Gasteiger partial charge on any atom is -0.490 e. The molecule has 0 bridgehead atoms. The van der Waals surface area contributed by atoms with E-state index < -0.39 is 0 Å². The van der Waals surface area contributed by atoms with Crippen LogP contribution < -0.4 is 20.1 Å². The first-order valence-corrected chi connectivity index (χ1v) is 10.7. The second-order valence-corrected chi connectivity index (χ2v) is 7.88. The highest BCUT2D eigenvalue weighted by molar-refractivity contribution is 9.10. The molecule has 0 unspecified atom stereocenters. The highest BCUT2D eigenvalue weighted by atomic mass is 79.9. The maximum absolute atomic E-state index is 13.8. The Kier molecular flexibility index (Phi) is 8.13. The summed E-state index contributed by atoms with van der Waals surface area (Å²) in [6.45, 7) is 6.64. The average Bonchev–Trinajstić information content (AvgIpc) is 2.71. The maximum Gasteiger partial charge on any atom is 0.162 e. The molecule has 1 fully saturated rings. The Labute approximate surface area is 174 Å². The van der Waals surface area contributed by atoms with Crippen LogP contribution in [0.25, 0.3) is 0 Å². The van der Waals surface area contributed by atoms with Crippen molar-refractivity contribution in [2.24, 2.45) is 5.92 Å². The Bertz CT molecular complexity index is 766. The van der Waals surface area contributed by atoms with Gasteiger partial charge >= 0.3 is 0 Å². The van der Waals surface area contributed by atoms with Crippen LogP contribution in [0, 0.1) is 11.7 Å². The summed E-state index contributed by atoms with van der Waals surface area (Å²) < 4.78 is 26.4. The standard InChI is InChI=1S/C22H28BrFN2O2/c1-2-27-21-11-18(14-26-13-16-7-9-25-10-8-16)19(23)12-22(21)28-15-17-5-3-4-6-20(17)24/h3-6,11-12,16,25-26H,2,7-10,13-15H2,1H3. The molecular formula is C22H28BrFN2O2. The van der Waals surface area contributed by atoms with Crippen LogP contribution in [0.4, 0.5) is 4.39 Å². The van der Waals surface area contributed by atoms with Crippen LogP contribution in [-0.4, -0.2) is 26.2 Å². The van der Waals surface area contributed by atoms with Crippen LogP contribution in [0.3, 0.4) is 0 Å². The Balaban J connectivity index is 1.64. The summed E-state index contributed by atoms with van der Waals surface area (Å²) in [4.78, 5) is 0. The Morgan fingerprint density at radius 3 is 2.61 bits per heavy atom. The van der Waals surface area contributed by atoms with E-state index in [0.717, 1.165) is 42.1 Å². The molecule has 0 atom stereocenters. The number of piperidine rings is 1. The Morgan fingerprint density at radius 2 is 1.86 bits per heavy atom. The summed E-state index contributed by atoms with van der Waals surface area (Å²) in [5, 5.41) is 6.96. The zero-order chi connectivity index (χ0) is 19.8. The summed E-state index contributed by atoms with van der Waals surface area (Å²) in [6, 6.07) is 10.6. The SMILES string of the molecule is CCOc1cc(CNCC2CCNCC2)c(Br)cc1OCc1ccccc1F. The molecule has 1 heterocycles. The zero-order valence-corrected chi connectivity index (χ0v) is 17.9. The molecule has 1 aliphatic rings.